The van der Waals surface area contributed by atoms with Crippen LogP contribution in [0.25, 0.3) is 0 Å². The summed E-state index contributed by atoms with van der Waals surface area (Å²) in [6.45, 7) is 8.23. The van der Waals surface area contributed by atoms with Crippen LogP contribution in [0, 0.1) is 12.7 Å². The average molecular weight is 349 g/mol. The average Bonchev–Trinajstić information content (AvgIpc) is 2.47. The van der Waals surface area contributed by atoms with E-state index in [1.807, 2.05) is 25.1 Å². The third-order valence-corrected chi connectivity index (χ3v) is 4.16. The summed E-state index contributed by atoms with van der Waals surface area (Å²) in [7, 11) is 0. The van der Waals surface area contributed by atoms with Gasteiger partial charge in [0.05, 0.1) is 0 Å². The Hall–Kier alpha value is -2.07. The molecule has 0 spiro atoms. The molecule has 0 aliphatic carbocycles. The number of benzene rings is 2. The summed E-state index contributed by atoms with van der Waals surface area (Å²) in [6, 6.07) is 9.96. The summed E-state index contributed by atoms with van der Waals surface area (Å²) in [5.41, 5.74) is 2.96. The molecule has 0 aliphatic rings. The molecule has 2 amide bonds. The second kappa shape index (κ2) is 7.22. The number of hydrogen-bond acceptors (Lipinski definition) is 1. The first-order valence-electron chi connectivity index (χ1n) is 7.78. The first-order chi connectivity index (χ1) is 11.2. The number of carbonyl (C=O) groups excluding carboxylic acids is 1. The standard InChI is InChI=1S/C19H22ClFN2O/c1-12-7-5-8-14(19(2,3)4)17(12)23-18(24)22-11-13-15(20)9-6-10-16(13)21/h5-10H,11H2,1-4H3,(H2,22,23,24). The fourth-order valence-corrected chi connectivity index (χ4v) is 2.72. The van der Waals surface area contributed by atoms with Crippen LogP contribution in [-0.4, -0.2) is 6.03 Å². The van der Waals surface area contributed by atoms with Gasteiger partial charge in [0.15, 0.2) is 0 Å². The Morgan fingerprint density at radius 2 is 1.83 bits per heavy atom. The Kier molecular flexibility index (Phi) is 5.50. The lowest BCUT2D eigenvalue weighted by Gasteiger charge is -2.24. The fraction of sp³-hybridized carbons (Fsp3) is 0.316. The molecular weight excluding hydrogens is 327 g/mol. The highest BCUT2D eigenvalue weighted by molar-refractivity contribution is 6.31. The number of halogens is 2. The summed E-state index contributed by atoms with van der Waals surface area (Å²) in [5, 5.41) is 5.83. The van der Waals surface area contributed by atoms with Crippen molar-refractivity contribution in [2.75, 3.05) is 5.32 Å². The molecule has 0 unspecified atom stereocenters. The van der Waals surface area contributed by atoms with E-state index in [0.29, 0.717) is 5.02 Å². The summed E-state index contributed by atoms with van der Waals surface area (Å²) < 4.78 is 13.8. The Bertz CT molecular complexity index is 733. The number of nitrogens with one attached hydrogen (secondary N) is 2. The molecular formula is C19H22ClFN2O. The van der Waals surface area contributed by atoms with Gasteiger partial charge in [0, 0.05) is 22.8 Å². The van der Waals surface area contributed by atoms with E-state index in [0.717, 1.165) is 16.8 Å². The molecule has 0 bridgehead atoms. The van der Waals surface area contributed by atoms with Gasteiger partial charge in [0.1, 0.15) is 5.82 Å². The SMILES string of the molecule is Cc1cccc(C(C)(C)C)c1NC(=O)NCc1c(F)cccc1Cl. The molecule has 128 valence electrons. The lowest BCUT2D eigenvalue weighted by Crippen LogP contribution is -2.30. The maximum atomic E-state index is 13.8. The summed E-state index contributed by atoms with van der Waals surface area (Å²) in [5.74, 6) is -0.436. The van der Waals surface area contributed by atoms with Crippen molar-refractivity contribution in [3.05, 3.63) is 63.9 Å². The highest BCUT2D eigenvalue weighted by Crippen LogP contribution is 2.31. The molecule has 5 heteroatoms. The molecule has 2 N–H and O–H groups in total. The summed E-state index contributed by atoms with van der Waals surface area (Å²) >= 11 is 5.97. The van der Waals surface area contributed by atoms with Gasteiger partial charge >= 0.3 is 6.03 Å². The topological polar surface area (TPSA) is 41.1 Å². The molecule has 0 saturated heterocycles. The van der Waals surface area contributed by atoms with Gasteiger partial charge in [-0.05, 0) is 35.6 Å². The molecule has 0 saturated carbocycles. The molecule has 0 heterocycles. The molecule has 0 fully saturated rings. The van der Waals surface area contributed by atoms with Crippen molar-refractivity contribution < 1.29 is 9.18 Å². The van der Waals surface area contributed by atoms with E-state index in [2.05, 4.69) is 31.4 Å². The molecule has 24 heavy (non-hydrogen) atoms. The number of anilines is 1. The van der Waals surface area contributed by atoms with E-state index in [-0.39, 0.29) is 17.5 Å². The largest absolute Gasteiger partial charge is 0.334 e. The third-order valence-electron chi connectivity index (χ3n) is 3.81. The van der Waals surface area contributed by atoms with E-state index in [1.54, 1.807) is 6.07 Å². The predicted molar refractivity (Wildman–Crippen MR) is 97.1 cm³/mol. The van der Waals surface area contributed by atoms with Crippen LogP contribution in [0.4, 0.5) is 14.9 Å². The zero-order valence-corrected chi connectivity index (χ0v) is 15.1. The number of aryl methyl sites for hydroxylation is 1. The molecule has 0 aromatic heterocycles. The zero-order chi connectivity index (χ0) is 17.9. The van der Waals surface area contributed by atoms with E-state index >= 15 is 0 Å². The van der Waals surface area contributed by atoms with Crippen LogP contribution in [0.3, 0.4) is 0 Å². The Labute approximate surface area is 147 Å². The second-order valence-electron chi connectivity index (χ2n) is 6.76. The van der Waals surface area contributed by atoms with Gasteiger partial charge in [0.25, 0.3) is 0 Å². The van der Waals surface area contributed by atoms with Crippen molar-refractivity contribution in [2.24, 2.45) is 0 Å². The smallest absolute Gasteiger partial charge is 0.319 e. The van der Waals surface area contributed by atoms with Crippen LogP contribution in [0.2, 0.25) is 5.02 Å². The normalized spacial score (nSPS) is 11.2. The highest BCUT2D eigenvalue weighted by atomic mass is 35.5. The van der Waals surface area contributed by atoms with E-state index in [4.69, 9.17) is 11.6 Å². The number of urea groups is 1. The quantitative estimate of drug-likeness (QED) is 0.765. The number of rotatable bonds is 3. The minimum Gasteiger partial charge on any atom is -0.334 e. The third kappa shape index (κ3) is 4.26. The predicted octanol–water partition coefficient (Wildman–Crippen LogP) is 5.41. The Balaban J connectivity index is 2.14. The highest BCUT2D eigenvalue weighted by Gasteiger charge is 2.20. The van der Waals surface area contributed by atoms with Crippen LogP contribution in [0.15, 0.2) is 36.4 Å². The molecule has 2 rings (SSSR count). The van der Waals surface area contributed by atoms with Gasteiger partial charge in [-0.25, -0.2) is 9.18 Å². The fourth-order valence-electron chi connectivity index (χ4n) is 2.49. The first kappa shape index (κ1) is 18.3. The molecule has 2 aromatic carbocycles. The van der Waals surface area contributed by atoms with Crippen LogP contribution in [-0.2, 0) is 12.0 Å². The van der Waals surface area contributed by atoms with Crippen LogP contribution >= 0.6 is 11.6 Å². The van der Waals surface area contributed by atoms with Crippen molar-refractivity contribution in [1.29, 1.82) is 0 Å². The Morgan fingerprint density at radius 1 is 1.17 bits per heavy atom. The number of carbonyl (C=O) groups is 1. The summed E-state index contributed by atoms with van der Waals surface area (Å²) in [6.07, 6.45) is 0. The minimum atomic E-state index is -0.436. The molecule has 0 aliphatic heterocycles. The second-order valence-corrected chi connectivity index (χ2v) is 7.16. The van der Waals surface area contributed by atoms with Gasteiger partial charge < -0.3 is 10.6 Å². The Morgan fingerprint density at radius 3 is 2.46 bits per heavy atom. The van der Waals surface area contributed by atoms with Crippen LogP contribution < -0.4 is 10.6 Å². The van der Waals surface area contributed by atoms with E-state index in [9.17, 15) is 9.18 Å². The van der Waals surface area contributed by atoms with E-state index in [1.165, 1.54) is 12.1 Å². The van der Waals surface area contributed by atoms with Crippen LogP contribution in [0.1, 0.15) is 37.5 Å². The number of para-hydroxylation sites is 1. The maximum Gasteiger partial charge on any atom is 0.319 e. The maximum absolute atomic E-state index is 13.8. The van der Waals surface area contributed by atoms with Crippen molar-refractivity contribution in [3.63, 3.8) is 0 Å². The zero-order valence-electron chi connectivity index (χ0n) is 14.3. The van der Waals surface area contributed by atoms with Gasteiger partial charge in [-0.2, -0.15) is 0 Å². The molecule has 2 aromatic rings. The number of hydrogen-bond donors (Lipinski definition) is 2. The van der Waals surface area contributed by atoms with Crippen molar-refractivity contribution in [2.45, 2.75) is 39.7 Å². The lowest BCUT2D eigenvalue weighted by molar-refractivity contribution is 0.251. The monoisotopic (exact) mass is 348 g/mol. The van der Waals surface area contributed by atoms with Gasteiger partial charge in [-0.15, -0.1) is 0 Å². The first-order valence-corrected chi connectivity index (χ1v) is 8.16. The number of amides is 2. The molecule has 3 nitrogen and oxygen atoms in total. The lowest BCUT2D eigenvalue weighted by atomic mass is 9.84. The van der Waals surface area contributed by atoms with Crippen molar-refractivity contribution in [1.82, 2.24) is 5.32 Å². The molecule has 0 radical (unpaired) electrons. The van der Waals surface area contributed by atoms with Crippen molar-refractivity contribution >= 4 is 23.3 Å². The van der Waals surface area contributed by atoms with Gasteiger partial charge in [-0.1, -0.05) is 56.6 Å². The van der Waals surface area contributed by atoms with Crippen LogP contribution in [0.5, 0.6) is 0 Å². The van der Waals surface area contributed by atoms with E-state index < -0.39 is 11.8 Å². The minimum absolute atomic E-state index is 0.0219. The van der Waals surface area contributed by atoms with Crippen molar-refractivity contribution in [3.8, 4) is 0 Å². The summed E-state index contributed by atoms with van der Waals surface area (Å²) in [4.78, 5) is 12.3. The molecule has 0 atom stereocenters. The van der Waals surface area contributed by atoms with Gasteiger partial charge in [0.2, 0.25) is 0 Å². The van der Waals surface area contributed by atoms with Gasteiger partial charge in [-0.3, -0.25) is 0 Å².